The van der Waals surface area contributed by atoms with Crippen molar-refractivity contribution in [3.63, 3.8) is 0 Å². The van der Waals surface area contributed by atoms with E-state index in [0.29, 0.717) is 17.7 Å². The molecule has 2 nitrogen and oxygen atoms in total. The van der Waals surface area contributed by atoms with Crippen LogP contribution in [0.4, 0.5) is 0 Å². The van der Waals surface area contributed by atoms with E-state index in [1.54, 1.807) is 0 Å². The Kier molecular flexibility index (Phi) is 4.17. The second-order valence-electron chi connectivity index (χ2n) is 7.04. The lowest BCUT2D eigenvalue weighted by molar-refractivity contribution is -0.139. The van der Waals surface area contributed by atoms with E-state index >= 15 is 0 Å². The van der Waals surface area contributed by atoms with Gasteiger partial charge in [-0.25, -0.2) is 0 Å². The predicted octanol–water partition coefficient (Wildman–Crippen LogP) is 4.15. The van der Waals surface area contributed by atoms with Gasteiger partial charge in [0.15, 0.2) is 5.78 Å². The maximum absolute atomic E-state index is 13.0. The lowest BCUT2D eigenvalue weighted by atomic mass is 9.72. The minimum absolute atomic E-state index is 0.354. The minimum Gasteiger partial charge on any atom is -0.297 e. The van der Waals surface area contributed by atoms with Crippen LogP contribution in [0.5, 0.6) is 0 Å². The zero-order valence-corrected chi connectivity index (χ0v) is 13.3. The van der Waals surface area contributed by atoms with Gasteiger partial charge in [0.1, 0.15) is 5.54 Å². The molecule has 0 spiro atoms. The molecule has 1 aliphatic heterocycles. The second-order valence-corrected chi connectivity index (χ2v) is 7.04. The average Bonchev–Trinajstić information content (AvgIpc) is 2.51. The normalized spacial score (nSPS) is 34.9. The molecule has 0 amide bonds. The molecule has 3 rings (SSSR count). The van der Waals surface area contributed by atoms with Gasteiger partial charge >= 0.3 is 0 Å². The van der Waals surface area contributed by atoms with E-state index < -0.39 is 0 Å². The summed E-state index contributed by atoms with van der Waals surface area (Å²) in [5.74, 6) is 1.14. The van der Waals surface area contributed by atoms with Crippen molar-refractivity contribution >= 4 is 5.78 Å². The van der Waals surface area contributed by atoms with Crippen LogP contribution in [0.3, 0.4) is 0 Å². The van der Waals surface area contributed by atoms with Crippen LogP contribution in [0.2, 0.25) is 0 Å². The third-order valence-electron chi connectivity index (χ3n) is 5.51. The molecular formula is C19H27NO. The Bertz CT molecular complexity index is 498. The number of Topliss-reactive ketones (excluding diaryl/α,β-unsaturated/α-hetero) is 1. The van der Waals surface area contributed by atoms with E-state index in [0.717, 1.165) is 32.2 Å². The van der Waals surface area contributed by atoms with Crippen LogP contribution in [-0.2, 0) is 10.3 Å². The fourth-order valence-electron chi connectivity index (χ4n) is 4.32. The first-order valence-corrected chi connectivity index (χ1v) is 8.50. The van der Waals surface area contributed by atoms with Crippen molar-refractivity contribution in [1.29, 1.82) is 0 Å². The first-order valence-electron chi connectivity index (χ1n) is 8.50. The molecule has 1 saturated carbocycles. The Balaban J connectivity index is 2.05. The molecule has 114 valence electrons. The lowest BCUT2D eigenvalue weighted by Gasteiger charge is -2.51. The van der Waals surface area contributed by atoms with Gasteiger partial charge in [0.05, 0.1) is 0 Å². The van der Waals surface area contributed by atoms with Crippen molar-refractivity contribution in [2.24, 2.45) is 5.92 Å². The first-order chi connectivity index (χ1) is 10.1. The predicted molar refractivity (Wildman–Crippen MR) is 86.2 cm³/mol. The smallest absolute Gasteiger partial charge is 0.157 e. The number of hydrogen-bond acceptors (Lipinski definition) is 2. The van der Waals surface area contributed by atoms with Crippen LogP contribution >= 0.6 is 0 Å². The van der Waals surface area contributed by atoms with Crippen molar-refractivity contribution in [3.8, 4) is 0 Å². The third kappa shape index (κ3) is 2.55. The van der Waals surface area contributed by atoms with Crippen molar-refractivity contribution in [2.75, 3.05) is 6.54 Å². The summed E-state index contributed by atoms with van der Waals surface area (Å²) in [6.07, 6.45) is 6.46. The summed E-state index contributed by atoms with van der Waals surface area (Å²) in [5.41, 5.74) is 0.865. The average molecular weight is 285 g/mol. The molecule has 0 radical (unpaired) electrons. The van der Waals surface area contributed by atoms with Gasteiger partial charge in [-0.2, -0.15) is 0 Å². The van der Waals surface area contributed by atoms with E-state index in [4.69, 9.17) is 0 Å². The van der Waals surface area contributed by atoms with Crippen molar-refractivity contribution < 1.29 is 4.79 Å². The largest absolute Gasteiger partial charge is 0.297 e. The van der Waals surface area contributed by atoms with Gasteiger partial charge in [0.25, 0.3) is 0 Å². The highest BCUT2D eigenvalue weighted by Gasteiger charge is 2.48. The molecular weight excluding hydrogens is 258 g/mol. The highest BCUT2D eigenvalue weighted by molar-refractivity contribution is 5.90. The zero-order chi connectivity index (χ0) is 14.9. The van der Waals surface area contributed by atoms with Gasteiger partial charge in [0.2, 0.25) is 0 Å². The summed E-state index contributed by atoms with van der Waals surface area (Å²) in [7, 11) is 0. The van der Waals surface area contributed by atoms with Crippen LogP contribution in [0.25, 0.3) is 0 Å². The van der Waals surface area contributed by atoms with E-state index in [9.17, 15) is 4.79 Å². The van der Waals surface area contributed by atoms with Crippen LogP contribution in [0.15, 0.2) is 30.3 Å². The minimum atomic E-state index is -0.354. The quantitative estimate of drug-likeness (QED) is 0.813. The first kappa shape index (κ1) is 14.8. The van der Waals surface area contributed by atoms with Gasteiger partial charge < -0.3 is 0 Å². The third-order valence-corrected chi connectivity index (χ3v) is 5.51. The molecule has 1 heterocycles. The van der Waals surface area contributed by atoms with Crippen molar-refractivity contribution in [1.82, 2.24) is 4.90 Å². The van der Waals surface area contributed by atoms with Crippen LogP contribution in [0, 0.1) is 5.92 Å². The number of piperidine rings is 1. The number of carbonyl (C=O) groups excluding carboxylic acids is 1. The Morgan fingerprint density at radius 2 is 1.86 bits per heavy atom. The lowest BCUT2D eigenvalue weighted by Crippen LogP contribution is -2.59. The fraction of sp³-hybridized carbons (Fsp3) is 0.632. The monoisotopic (exact) mass is 285 g/mol. The molecule has 3 atom stereocenters. The number of ketones is 1. The van der Waals surface area contributed by atoms with Crippen molar-refractivity contribution in [3.05, 3.63) is 35.9 Å². The molecule has 0 bridgehead atoms. The Morgan fingerprint density at radius 1 is 1.10 bits per heavy atom. The molecule has 0 N–H and O–H groups in total. The molecule has 1 saturated heterocycles. The van der Waals surface area contributed by atoms with Gasteiger partial charge in [-0.1, -0.05) is 43.7 Å². The topological polar surface area (TPSA) is 20.3 Å². The van der Waals surface area contributed by atoms with E-state index in [1.165, 1.54) is 18.4 Å². The van der Waals surface area contributed by atoms with Gasteiger partial charge in [0, 0.05) is 19.0 Å². The Labute approximate surface area is 128 Å². The summed E-state index contributed by atoms with van der Waals surface area (Å²) in [6.45, 7) is 5.69. The number of benzene rings is 1. The van der Waals surface area contributed by atoms with Crippen molar-refractivity contribution in [2.45, 2.75) is 64.0 Å². The number of hydrogen-bond donors (Lipinski definition) is 0. The number of carbonyl (C=O) groups is 1. The molecule has 2 aliphatic rings. The maximum Gasteiger partial charge on any atom is 0.157 e. The van der Waals surface area contributed by atoms with Gasteiger partial charge in [-0.3, -0.25) is 9.69 Å². The Hall–Kier alpha value is -1.15. The summed E-state index contributed by atoms with van der Waals surface area (Å²) in [5, 5.41) is 0. The molecule has 2 heteroatoms. The SMILES string of the molecule is CC1CCC(C)N([C@]2(c3ccccc3)CCCCC2=O)C1. The summed E-state index contributed by atoms with van der Waals surface area (Å²) >= 11 is 0. The van der Waals surface area contributed by atoms with E-state index in [2.05, 4.69) is 43.0 Å². The molecule has 2 fully saturated rings. The molecule has 1 aliphatic carbocycles. The second kappa shape index (κ2) is 5.92. The standard InChI is InChI=1S/C19H27NO/c1-15-11-12-16(2)20(14-15)19(13-7-6-10-18(19)21)17-8-4-3-5-9-17/h3-5,8-9,15-16H,6-7,10-14H2,1-2H3/t15?,16?,19-/m0/s1. The molecule has 0 aromatic heterocycles. The van der Waals surface area contributed by atoms with Gasteiger partial charge in [-0.15, -0.1) is 0 Å². The highest BCUT2D eigenvalue weighted by Crippen LogP contribution is 2.43. The number of likely N-dealkylation sites (tertiary alicyclic amines) is 1. The summed E-state index contributed by atoms with van der Waals surface area (Å²) in [6, 6.07) is 11.0. The fourth-order valence-corrected chi connectivity index (χ4v) is 4.32. The van der Waals surface area contributed by atoms with Crippen LogP contribution in [0.1, 0.15) is 57.9 Å². The van der Waals surface area contributed by atoms with Gasteiger partial charge in [-0.05, 0) is 44.1 Å². The van der Waals surface area contributed by atoms with Crippen LogP contribution in [-0.4, -0.2) is 23.3 Å². The van der Waals surface area contributed by atoms with E-state index in [1.807, 2.05) is 6.07 Å². The van der Waals surface area contributed by atoms with Crippen LogP contribution < -0.4 is 0 Å². The molecule has 2 unspecified atom stereocenters. The van der Waals surface area contributed by atoms with E-state index in [-0.39, 0.29) is 5.54 Å². The number of rotatable bonds is 2. The number of nitrogens with zero attached hydrogens (tertiary/aromatic N) is 1. The molecule has 21 heavy (non-hydrogen) atoms. The Morgan fingerprint density at radius 3 is 2.57 bits per heavy atom. The maximum atomic E-state index is 13.0. The molecule has 1 aromatic carbocycles. The summed E-state index contributed by atoms with van der Waals surface area (Å²) in [4.78, 5) is 15.6. The molecule has 1 aromatic rings. The zero-order valence-electron chi connectivity index (χ0n) is 13.3. The summed E-state index contributed by atoms with van der Waals surface area (Å²) < 4.78 is 0. The highest BCUT2D eigenvalue weighted by atomic mass is 16.1.